The Balaban J connectivity index is 2.30. The molecule has 0 spiro atoms. The maximum Gasteiger partial charge on any atom is 0.140 e. The lowest BCUT2D eigenvalue weighted by molar-refractivity contribution is -0.124. The van der Waals surface area contributed by atoms with Crippen LogP contribution in [0.25, 0.3) is 0 Å². The fraction of sp³-hybridized carbons (Fsp3) is 0.462. The summed E-state index contributed by atoms with van der Waals surface area (Å²) in [5.74, 6) is 0.175. The van der Waals surface area contributed by atoms with E-state index in [9.17, 15) is 9.70 Å². The highest BCUT2D eigenvalue weighted by Crippen LogP contribution is 2.36. The number of benzene rings is 1. The normalized spacial score (nSPS) is 18.8. The van der Waals surface area contributed by atoms with Crippen LogP contribution in [-0.4, -0.2) is 23.9 Å². The maximum atomic E-state index is 12.0. The largest absolute Gasteiger partial charge is 0.299 e. The van der Waals surface area contributed by atoms with Crippen LogP contribution in [0.2, 0.25) is 0 Å². The molecule has 0 unspecified atom stereocenters. The van der Waals surface area contributed by atoms with Crippen LogP contribution in [0.3, 0.4) is 0 Å². The Labute approximate surface area is 101 Å². The van der Waals surface area contributed by atoms with E-state index in [1.807, 2.05) is 30.3 Å². The fourth-order valence-electron chi connectivity index (χ4n) is 2.56. The van der Waals surface area contributed by atoms with Gasteiger partial charge in [-0.25, -0.2) is 0 Å². The molecule has 4 nitrogen and oxygen atoms in total. The zero-order chi connectivity index (χ0) is 12.3. The molecule has 0 aliphatic carbocycles. The van der Waals surface area contributed by atoms with Crippen molar-refractivity contribution in [2.75, 3.05) is 13.1 Å². The number of carbonyl (C=O) groups excluding carboxylic acids is 1. The van der Waals surface area contributed by atoms with Crippen molar-refractivity contribution in [1.82, 2.24) is 5.01 Å². The van der Waals surface area contributed by atoms with Gasteiger partial charge in [0.2, 0.25) is 0 Å². The van der Waals surface area contributed by atoms with Gasteiger partial charge in [0.25, 0.3) is 0 Å². The molecule has 90 valence electrons. The zero-order valence-electron chi connectivity index (χ0n) is 9.93. The number of nitroso groups, excluding NO2 is 1. The van der Waals surface area contributed by atoms with Gasteiger partial charge in [-0.05, 0) is 25.3 Å². The van der Waals surface area contributed by atoms with Crippen molar-refractivity contribution in [1.29, 1.82) is 0 Å². The number of ketones is 1. The average Bonchev–Trinajstić information content (AvgIpc) is 2.39. The summed E-state index contributed by atoms with van der Waals surface area (Å²) in [7, 11) is 0. The zero-order valence-corrected chi connectivity index (χ0v) is 9.93. The van der Waals surface area contributed by atoms with Crippen molar-refractivity contribution >= 4 is 5.78 Å². The molecule has 0 radical (unpaired) electrons. The van der Waals surface area contributed by atoms with Crippen LogP contribution >= 0.6 is 0 Å². The molecule has 0 atom stereocenters. The molecule has 0 bridgehead atoms. The van der Waals surface area contributed by atoms with Gasteiger partial charge < -0.3 is 0 Å². The molecule has 0 aromatic heterocycles. The lowest BCUT2D eigenvalue weighted by Crippen LogP contribution is -2.44. The Kier molecular flexibility index (Phi) is 3.22. The van der Waals surface area contributed by atoms with E-state index in [1.54, 1.807) is 6.92 Å². The van der Waals surface area contributed by atoms with Crippen LogP contribution in [0, 0.1) is 4.91 Å². The first-order valence-corrected chi connectivity index (χ1v) is 5.84. The summed E-state index contributed by atoms with van der Waals surface area (Å²) in [6.07, 6.45) is 1.33. The molecule has 1 fully saturated rings. The number of hydrogen-bond donors (Lipinski definition) is 0. The van der Waals surface area contributed by atoms with Gasteiger partial charge in [0.15, 0.2) is 0 Å². The molecule has 1 saturated heterocycles. The fourth-order valence-corrected chi connectivity index (χ4v) is 2.56. The highest BCUT2D eigenvalue weighted by molar-refractivity contribution is 5.88. The predicted octanol–water partition coefficient (Wildman–Crippen LogP) is 2.29. The van der Waals surface area contributed by atoms with Gasteiger partial charge in [0.1, 0.15) is 5.78 Å². The van der Waals surface area contributed by atoms with Gasteiger partial charge in [0, 0.05) is 13.1 Å². The minimum absolute atomic E-state index is 0.175. The lowest BCUT2D eigenvalue weighted by atomic mass is 9.70. The van der Waals surface area contributed by atoms with Crippen molar-refractivity contribution in [2.45, 2.75) is 25.2 Å². The molecule has 1 aliphatic heterocycles. The van der Waals surface area contributed by atoms with Gasteiger partial charge in [-0.15, -0.1) is 4.91 Å². The second kappa shape index (κ2) is 4.65. The average molecular weight is 232 g/mol. The van der Waals surface area contributed by atoms with E-state index < -0.39 is 5.41 Å². The van der Waals surface area contributed by atoms with E-state index in [-0.39, 0.29) is 5.78 Å². The molecule has 0 saturated carbocycles. The van der Waals surface area contributed by atoms with Gasteiger partial charge in [-0.1, -0.05) is 30.3 Å². The van der Waals surface area contributed by atoms with Gasteiger partial charge in [0.05, 0.1) is 10.7 Å². The number of Topliss-reactive ketones (excluding diaryl/α,β-unsaturated/α-hetero) is 1. The summed E-state index contributed by atoms with van der Waals surface area (Å²) in [4.78, 5) is 22.5. The van der Waals surface area contributed by atoms with Crippen LogP contribution in [0.4, 0.5) is 0 Å². The van der Waals surface area contributed by atoms with E-state index in [0.29, 0.717) is 25.9 Å². The van der Waals surface area contributed by atoms with Crippen molar-refractivity contribution in [2.24, 2.45) is 5.29 Å². The quantitative estimate of drug-likeness (QED) is 0.751. The predicted molar refractivity (Wildman–Crippen MR) is 65.4 cm³/mol. The summed E-state index contributed by atoms with van der Waals surface area (Å²) in [5.41, 5.74) is 0.626. The monoisotopic (exact) mass is 232 g/mol. The highest BCUT2D eigenvalue weighted by atomic mass is 16.3. The number of rotatable bonds is 3. The van der Waals surface area contributed by atoms with Crippen molar-refractivity contribution in [3.05, 3.63) is 40.8 Å². The molecular formula is C13H16N2O2. The van der Waals surface area contributed by atoms with E-state index in [2.05, 4.69) is 5.29 Å². The second-order valence-electron chi connectivity index (χ2n) is 4.54. The summed E-state index contributed by atoms with van der Waals surface area (Å²) in [6, 6.07) is 9.82. The van der Waals surface area contributed by atoms with Gasteiger partial charge in [-0.2, -0.15) is 0 Å². The van der Waals surface area contributed by atoms with Gasteiger partial charge >= 0.3 is 0 Å². The number of nitrogens with zero attached hydrogens (tertiary/aromatic N) is 2. The molecule has 4 heteroatoms. The number of piperidine rings is 1. The summed E-state index contributed by atoms with van der Waals surface area (Å²) in [6.45, 7) is 2.74. The molecule has 17 heavy (non-hydrogen) atoms. The Morgan fingerprint density at radius 1 is 1.24 bits per heavy atom. The van der Waals surface area contributed by atoms with E-state index in [1.165, 1.54) is 5.01 Å². The van der Waals surface area contributed by atoms with Crippen LogP contribution in [0.1, 0.15) is 25.3 Å². The maximum absolute atomic E-state index is 12.0. The van der Waals surface area contributed by atoms with Crippen molar-refractivity contribution in [3.8, 4) is 0 Å². The standard InChI is InChI=1S/C13H16N2O2/c1-11(16)13(12-5-3-2-4-6-12)7-9-15(14-17)10-8-13/h2-6H,7-10H2,1H3. The third kappa shape index (κ3) is 2.07. The van der Waals surface area contributed by atoms with Crippen molar-refractivity contribution in [3.63, 3.8) is 0 Å². The summed E-state index contributed by atoms with van der Waals surface area (Å²) < 4.78 is 0. The SMILES string of the molecule is CC(=O)C1(c2ccccc2)CCN(N=O)CC1. The second-order valence-corrected chi connectivity index (χ2v) is 4.54. The van der Waals surface area contributed by atoms with E-state index in [0.717, 1.165) is 5.56 Å². The smallest absolute Gasteiger partial charge is 0.140 e. The van der Waals surface area contributed by atoms with Crippen LogP contribution < -0.4 is 0 Å². The lowest BCUT2D eigenvalue weighted by Gasteiger charge is -2.38. The van der Waals surface area contributed by atoms with Gasteiger partial charge in [-0.3, -0.25) is 9.80 Å². The molecule has 0 amide bonds. The summed E-state index contributed by atoms with van der Waals surface area (Å²) >= 11 is 0. The molecule has 1 aliphatic rings. The minimum Gasteiger partial charge on any atom is -0.299 e. The first kappa shape index (κ1) is 11.8. The molecule has 2 rings (SSSR count). The van der Waals surface area contributed by atoms with Crippen LogP contribution in [-0.2, 0) is 10.2 Å². The highest BCUT2D eigenvalue weighted by Gasteiger charge is 2.40. The number of hydrogen-bond acceptors (Lipinski definition) is 3. The molecule has 1 heterocycles. The third-order valence-electron chi connectivity index (χ3n) is 3.71. The van der Waals surface area contributed by atoms with E-state index in [4.69, 9.17) is 0 Å². The first-order valence-electron chi connectivity index (χ1n) is 5.84. The molecule has 0 N–H and O–H groups in total. The molecule has 1 aromatic rings. The molecule has 1 aromatic carbocycles. The Morgan fingerprint density at radius 3 is 2.29 bits per heavy atom. The Bertz CT molecular complexity index is 409. The van der Waals surface area contributed by atoms with Crippen molar-refractivity contribution < 1.29 is 4.79 Å². The third-order valence-corrected chi connectivity index (χ3v) is 3.71. The van der Waals surface area contributed by atoms with Crippen LogP contribution in [0.15, 0.2) is 35.6 Å². The Hall–Kier alpha value is -1.71. The molecular weight excluding hydrogens is 216 g/mol. The first-order chi connectivity index (χ1) is 8.19. The van der Waals surface area contributed by atoms with Crippen LogP contribution in [0.5, 0.6) is 0 Å². The van der Waals surface area contributed by atoms with E-state index >= 15 is 0 Å². The number of carbonyl (C=O) groups is 1. The topological polar surface area (TPSA) is 49.7 Å². The Morgan fingerprint density at radius 2 is 1.82 bits per heavy atom. The summed E-state index contributed by atoms with van der Waals surface area (Å²) in [5, 5.41) is 4.43. The minimum atomic E-state index is -0.428.